The average molecular weight is 501 g/mol. The first-order valence-electron chi connectivity index (χ1n) is 11.6. The zero-order valence-corrected chi connectivity index (χ0v) is 20.1. The molecule has 0 spiro atoms. The Hall–Kier alpha value is -4.57. The number of hydrogen-bond acceptors (Lipinski definition) is 6. The van der Waals surface area contributed by atoms with Gasteiger partial charge in [0, 0.05) is 28.0 Å². The molecule has 0 aliphatic carbocycles. The Morgan fingerprint density at radius 1 is 1.16 bits per heavy atom. The number of ether oxygens (including phenoxy) is 1. The maximum atomic E-state index is 14.2. The van der Waals surface area contributed by atoms with Crippen molar-refractivity contribution >= 4 is 34.4 Å². The average Bonchev–Trinajstić information content (AvgIpc) is 3.27. The number of hydrogen-bond donors (Lipinski definition) is 4. The van der Waals surface area contributed by atoms with Crippen LogP contribution in [-0.2, 0) is 9.53 Å². The third-order valence-corrected chi connectivity index (χ3v) is 6.14. The summed E-state index contributed by atoms with van der Waals surface area (Å²) in [6, 6.07) is 14.2. The number of rotatable bonds is 7. The van der Waals surface area contributed by atoms with Gasteiger partial charge in [0.05, 0.1) is 30.8 Å². The Kier molecular flexibility index (Phi) is 6.18. The SMILES string of the molecule is C=C(C)C(=O)Nc1cccc(-c2[nH]c3ncnc(N)c3c2-c2ccc(C(=O)NCC3(F)COC3)cc2)c1. The molecule has 5 rings (SSSR count). The van der Waals surface area contributed by atoms with Gasteiger partial charge in [0.2, 0.25) is 0 Å². The molecule has 2 amide bonds. The Morgan fingerprint density at radius 3 is 2.59 bits per heavy atom. The van der Waals surface area contributed by atoms with Gasteiger partial charge < -0.3 is 26.1 Å². The number of nitrogens with one attached hydrogen (secondary N) is 3. The number of carbonyl (C=O) groups is 2. The summed E-state index contributed by atoms with van der Waals surface area (Å²) in [5.41, 5.74) is 9.69. The van der Waals surface area contributed by atoms with Crippen molar-refractivity contribution in [3.05, 3.63) is 72.6 Å². The van der Waals surface area contributed by atoms with Crippen molar-refractivity contribution < 1.29 is 18.7 Å². The number of nitrogens with zero attached hydrogens (tertiary/aromatic N) is 2. The van der Waals surface area contributed by atoms with E-state index in [9.17, 15) is 14.0 Å². The molecule has 1 saturated heterocycles. The number of carbonyl (C=O) groups excluding carboxylic acids is 2. The second kappa shape index (κ2) is 9.47. The van der Waals surface area contributed by atoms with Crippen LogP contribution in [-0.4, -0.2) is 52.2 Å². The lowest BCUT2D eigenvalue weighted by Gasteiger charge is -2.33. The third kappa shape index (κ3) is 4.78. The van der Waals surface area contributed by atoms with Gasteiger partial charge in [0.15, 0.2) is 5.67 Å². The molecule has 1 fully saturated rings. The summed E-state index contributed by atoms with van der Waals surface area (Å²) in [6.07, 6.45) is 1.38. The number of anilines is 2. The highest BCUT2D eigenvalue weighted by atomic mass is 19.1. The van der Waals surface area contributed by atoms with Crippen LogP contribution in [0.3, 0.4) is 0 Å². The van der Waals surface area contributed by atoms with E-state index in [0.717, 1.165) is 22.4 Å². The first kappa shape index (κ1) is 24.1. The molecule has 1 aliphatic rings. The summed E-state index contributed by atoms with van der Waals surface area (Å²) >= 11 is 0. The van der Waals surface area contributed by atoms with Crippen LogP contribution in [0.1, 0.15) is 17.3 Å². The quantitative estimate of drug-likeness (QED) is 0.285. The molecule has 10 heteroatoms. The Morgan fingerprint density at radius 2 is 1.92 bits per heavy atom. The summed E-state index contributed by atoms with van der Waals surface area (Å²) in [5.74, 6) is -0.355. The Balaban J connectivity index is 1.51. The van der Waals surface area contributed by atoms with Crippen LogP contribution in [0.5, 0.6) is 0 Å². The Bertz CT molecular complexity index is 1530. The minimum atomic E-state index is -1.51. The zero-order valence-electron chi connectivity index (χ0n) is 20.1. The van der Waals surface area contributed by atoms with E-state index in [-0.39, 0.29) is 31.6 Å². The molecule has 188 valence electrons. The third-order valence-electron chi connectivity index (χ3n) is 6.14. The van der Waals surface area contributed by atoms with Crippen molar-refractivity contribution in [2.45, 2.75) is 12.6 Å². The van der Waals surface area contributed by atoms with Gasteiger partial charge in [-0.1, -0.05) is 30.8 Å². The molecule has 1 aliphatic heterocycles. The van der Waals surface area contributed by atoms with Gasteiger partial charge in [0.1, 0.15) is 17.8 Å². The van der Waals surface area contributed by atoms with Crippen LogP contribution in [0, 0.1) is 0 Å². The minimum absolute atomic E-state index is 0.0167. The maximum Gasteiger partial charge on any atom is 0.251 e. The van der Waals surface area contributed by atoms with Crippen LogP contribution < -0.4 is 16.4 Å². The first-order chi connectivity index (χ1) is 17.7. The fourth-order valence-corrected chi connectivity index (χ4v) is 4.10. The van der Waals surface area contributed by atoms with Crippen molar-refractivity contribution in [2.75, 3.05) is 30.8 Å². The van der Waals surface area contributed by atoms with E-state index in [4.69, 9.17) is 10.5 Å². The molecule has 3 heterocycles. The van der Waals surface area contributed by atoms with Gasteiger partial charge in [0.25, 0.3) is 11.8 Å². The lowest BCUT2D eigenvalue weighted by Crippen LogP contribution is -2.53. The number of alkyl halides is 1. The van der Waals surface area contributed by atoms with E-state index in [1.54, 1.807) is 37.3 Å². The van der Waals surface area contributed by atoms with Crippen LogP contribution in [0.2, 0.25) is 0 Å². The summed E-state index contributed by atoms with van der Waals surface area (Å²) in [6.45, 7) is 5.17. The fourth-order valence-electron chi connectivity index (χ4n) is 4.10. The molecule has 0 radical (unpaired) electrons. The number of benzene rings is 2. The van der Waals surface area contributed by atoms with Gasteiger partial charge in [-0.25, -0.2) is 14.4 Å². The van der Waals surface area contributed by atoms with Gasteiger partial charge in [-0.2, -0.15) is 0 Å². The number of nitrogen functional groups attached to an aromatic ring is 1. The normalized spacial score (nSPS) is 14.1. The molecule has 37 heavy (non-hydrogen) atoms. The molecular formula is C27H25FN6O3. The summed E-state index contributed by atoms with van der Waals surface area (Å²) in [4.78, 5) is 36.5. The van der Waals surface area contributed by atoms with E-state index < -0.39 is 5.67 Å². The van der Waals surface area contributed by atoms with E-state index in [1.165, 1.54) is 6.33 Å². The highest BCUT2D eigenvalue weighted by molar-refractivity contribution is 6.08. The molecule has 0 atom stereocenters. The number of aromatic nitrogens is 3. The molecule has 0 saturated carbocycles. The van der Waals surface area contributed by atoms with Crippen molar-refractivity contribution in [1.82, 2.24) is 20.3 Å². The van der Waals surface area contributed by atoms with Crippen molar-refractivity contribution in [1.29, 1.82) is 0 Å². The van der Waals surface area contributed by atoms with Crippen LogP contribution in [0.4, 0.5) is 15.9 Å². The molecule has 5 N–H and O–H groups in total. The molecule has 0 bridgehead atoms. The molecule has 2 aromatic heterocycles. The smallest absolute Gasteiger partial charge is 0.251 e. The first-order valence-corrected chi connectivity index (χ1v) is 11.6. The maximum absolute atomic E-state index is 14.2. The number of H-pyrrole nitrogens is 1. The molecule has 2 aromatic carbocycles. The second-order valence-corrected chi connectivity index (χ2v) is 9.08. The number of fused-ring (bicyclic) bond motifs is 1. The largest absolute Gasteiger partial charge is 0.383 e. The topological polar surface area (TPSA) is 135 Å². The van der Waals surface area contributed by atoms with Crippen LogP contribution in [0.15, 0.2) is 67.0 Å². The zero-order chi connectivity index (χ0) is 26.2. The molecular weight excluding hydrogens is 475 g/mol. The predicted octanol–water partition coefficient (Wildman–Crippen LogP) is 3.86. The molecule has 4 aromatic rings. The van der Waals surface area contributed by atoms with Crippen LogP contribution >= 0.6 is 0 Å². The van der Waals surface area contributed by atoms with Gasteiger partial charge in [-0.05, 0) is 36.8 Å². The standard InChI is InChI=1S/C27H25FN6O3/c1-15(2)25(35)33-19-5-3-4-18(10-19)22-20(21-23(29)31-14-32-24(21)34-22)16-6-8-17(9-7-16)26(36)30-11-27(28)12-37-13-27/h3-10,14H,1,11-13H2,2H3,(H,30,36)(H,33,35)(H3,29,31,32,34). The van der Waals surface area contributed by atoms with E-state index in [0.29, 0.717) is 33.7 Å². The molecule has 9 nitrogen and oxygen atoms in total. The number of halogens is 1. The Labute approximate surface area is 212 Å². The number of aromatic amines is 1. The van der Waals surface area contributed by atoms with Crippen molar-refractivity contribution in [3.63, 3.8) is 0 Å². The number of amides is 2. The van der Waals surface area contributed by atoms with Gasteiger partial charge in [-0.3, -0.25) is 9.59 Å². The number of nitrogens with two attached hydrogens (primary N) is 1. The highest BCUT2D eigenvalue weighted by Crippen LogP contribution is 2.40. The summed E-state index contributed by atoms with van der Waals surface area (Å²) in [7, 11) is 0. The monoisotopic (exact) mass is 500 g/mol. The lowest BCUT2D eigenvalue weighted by molar-refractivity contribution is -0.126. The minimum Gasteiger partial charge on any atom is -0.383 e. The summed E-state index contributed by atoms with van der Waals surface area (Å²) < 4.78 is 19.1. The van der Waals surface area contributed by atoms with Crippen molar-refractivity contribution in [2.24, 2.45) is 0 Å². The second-order valence-electron chi connectivity index (χ2n) is 9.08. The van der Waals surface area contributed by atoms with Crippen molar-refractivity contribution in [3.8, 4) is 22.4 Å². The van der Waals surface area contributed by atoms with E-state index >= 15 is 0 Å². The van der Waals surface area contributed by atoms with Gasteiger partial charge in [-0.15, -0.1) is 0 Å². The lowest BCUT2D eigenvalue weighted by atomic mass is 9.97. The predicted molar refractivity (Wildman–Crippen MR) is 140 cm³/mol. The highest BCUT2D eigenvalue weighted by Gasteiger charge is 2.39. The van der Waals surface area contributed by atoms with E-state index in [1.807, 2.05) is 18.2 Å². The fraction of sp³-hybridized carbons (Fsp3) is 0.185. The molecule has 0 unspecified atom stereocenters. The van der Waals surface area contributed by atoms with Crippen LogP contribution in [0.25, 0.3) is 33.4 Å². The van der Waals surface area contributed by atoms with E-state index in [2.05, 4.69) is 32.2 Å². The summed E-state index contributed by atoms with van der Waals surface area (Å²) in [5, 5.41) is 6.08. The van der Waals surface area contributed by atoms with Gasteiger partial charge >= 0.3 is 0 Å².